The normalized spacial score (nSPS) is 10.6. The molecule has 0 saturated heterocycles. The van der Waals surface area contributed by atoms with E-state index in [2.05, 4.69) is 15.3 Å². The number of fused-ring (bicyclic) bond motifs is 1. The highest BCUT2D eigenvalue weighted by Gasteiger charge is 2.09. The number of amides is 1. The van der Waals surface area contributed by atoms with Crippen LogP contribution in [0.4, 0.5) is 5.69 Å². The van der Waals surface area contributed by atoms with Gasteiger partial charge >= 0.3 is 0 Å². The Morgan fingerprint density at radius 1 is 1.26 bits per heavy atom. The van der Waals surface area contributed by atoms with Crippen LogP contribution in [-0.4, -0.2) is 15.9 Å². The second-order valence-corrected chi connectivity index (χ2v) is 4.50. The average Bonchev–Trinajstić information content (AvgIpc) is 2.88. The van der Waals surface area contributed by atoms with Crippen molar-refractivity contribution in [3.63, 3.8) is 0 Å². The van der Waals surface area contributed by atoms with Crippen molar-refractivity contribution in [2.45, 2.75) is 0 Å². The van der Waals surface area contributed by atoms with E-state index in [0.29, 0.717) is 16.3 Å². The maximum absolute atomic E-state index is 12.1. The molecular formula is C14H10ClN3O. The van der Waals surface area contributed by atoms with E-state index in [-0.39, 0.29) is 5.91 Å². The maximum atomic E-state index is 12.1. The number of H-pyrrole nitrogens is 1. The number of benzene rings is 1. The van der Waals surface area contributed by atoms with Crippen LogP contribution >= 0.6 is 11.6 Å². The monoisotopic (exact) mass is 271 g/mol. The molecule has 3 aromatic rings. The molecule has 0 bridgehead atoms. The number of aromatic amines is 1. The molecule has 2 N–H and O–H groups in total. The highest BCUT2D eigenvalue weighted by Crippen LogP contribution is 2.21. The molecule has 0 atom stereocenters. The van der Waals surface area contributed by atoms with Gasteiger partial charge in [-0.15, -0.1) is 0 Å². The highest BCUT2D eigenvalue weighted by atomic mass is 35.5. The molecule has 0 spiro atoms. The number of rotatable bonds is 2. The molecule has 1 aromatic carbocycles. The lowest BCUT2D eigenvalue weighted by molar-refractivity contribution is 0.102. The first-order valence-corrected chi connectivity index (χ1v) is 6.10. The Balaban J connectivity index is 1.89. The van der Waals surface area contributed by atoms with E-state index in [4.69, 9.17) is 11.6 Å². The molecule has 3 rings (SSSR count). The van der Waals surface area contributed by atoms with Crippen molar-refractivity contribution in [2.24, 2.45) is 0 Å². The summed E-state index contributed by atoms with van der Waals surface area (Å²) in [5.74, 6) is -0.210. The molecule has 2 heterocycles. The maximum Gasteiger partial charge on any atom is 0.255 e. The fraction of sp³-hybridized carbons (Fsp3) is 0. The molecule has 0 aliphatic carbocycles. The zero-order chi connectivity index (χ0) is 13.2. The van der Waals surface area contributed by atoms with Gasteiger partial charge in [0, 0.05) is 28.9 Å². The SMILES string of the molecule is O=C(Nc1cnccc1Cl)c1ccc2[nH]ccc2c1. The lowest BCUT2D eigenvalue weighted by Crippen LogP contribution is -2.12. The number of carbonyl (C=O) groups is 1. The van der Waals surface area contributed by atoms with Gasteiger partial charge in [0.05, 0.1) is 16.9 Å². The van der Waals surface area contributed by atoms with Gasteiger partial charge in [-0.25, -0.2) is 0 Å². The number of pyridine rings is 1. The minimum Gasteiger partial charge on any atom is -0.361 e. The predicted octanol–water partition coefficient (Wildman–Crippen LogP) is 3.47. The summed E-state index contributed by atoms with van der Waals surface area (Å²) in [4.78, 5) is 19.1. The van der Waals surface area contributed by atoms with Crippen LogP contribution in [0.5, 0.6) is 0 Å². The standard InChI is InChI=1S/C14H10ClN3O/c15-11-4-5-16-8-13(11)18-14(19)10-1-2-12-9(7-10)3-6-17-12/h1-8,17H,(H,18,19). The molecule has 4 nitrogen and oxygen atoms in total. The second-order valence-electron chi connectivity index (χ2n) is 4.09. The van der Waals surface area contributed by atoms with E-state index < -0.39 is 0 Å². The number of carbonyl (C=O) groups excluding carboxylic acids is 1. The van der Waals surface area contributed by atoms with E-state index in [1.165, 1.54) is 6.20 Å². The van der Waals surface area contributed by atoms with E-state index in [1.54, 1.807) is 18.3 Å². The van der Waals surface area contributed by atoms with Crippen molar-refractivity contribution in [1.29, 1.82) is 0 Å². The zero-order valence-corrected chi connectivity index (χ0v) is 10.6. The third kappa shape index (κ3) is 2.30. The molecule has 0 radical (unpaired) electrons. The first-order valence-electron chi connectivity index (χ1n) is 5.72. The van der Waals surface area contributed by atoms with Gasteiger partial charge in [-0.1, -0.05) is 11.6 Å². The minimum absolute atomic E-state index is 0.210. The summed E-state index contributed by atoms with van der Waals surface area (Å²) in [6.07, 6.45) is 4.93. The van der Waals surface area contributed by atoms with Crippen molar-refractivity contribution >= 4 is 34.1 Å². The summed E-state index contributed by atoms with van der Waals surface area (Å²) in [6.45, 7) is 0. The van der Waals surface area contributed by atoms with Gasteiger partial charge in [0.15, 0.2) is 0 Å². The van der Waals surface area contributed by atoms with Crippen molar-refractivity contribution in [1.82, 2.24) is 9.97 Å². The van der Waals surface area contributed by atoms with E-state index in [0.717, 1.165) is 10.9 Å². The fourth-order valence-electron chi connectivity index (χ4n) is 1.86. The van der Waals surface area contributed by atoms with Gasteiger partial charge in [0.2, 0.25) is 0 Å². The number of aromatic nitrogens is 2. The molecule has 94 valence electrons. The van der Waals surface area contributed by atoms with Gasteiger partial charge in [0.1, 0.15) is 0 Å². The number of anilines is 1. The summed E-state index contributed by atoms with van der Waals surface area (Å²) in [5.41, 5.74) is 2.08. The Hall–Kier alpha value is -2.33. The first kappa shape index (κ1) is 11.7. The van der Waals surface area contributed by atoms with Gasteiger partial charge in [-0.2, -0.15) is 0 Å². The molecule has 0 aliphatic heterocycles. The van der Waals surface area contributed by atoms with Gasteiger partial charge < -0.3 is 10.3 Å². The van der Waals surface area contributed by atoms with Crippen LogP contribution in [0.25, 0.3) is 10.9 Å². The number of hydrogen-bond acceptors (Lipinski definition) is 2. The summed E-state index contributed by atoms with van der Waals surface area (Å²) in [6, 6.07) is 9.01. The summed E-state index contributed by atoms with van der Waals surface area (Å²) < 4.78 is 0. The van der Waals surface area contributed by atoms with Crippen LogP contribution in [0, 0.1) is 0 Å². The van der Waals surface area contributed by atoms with E-state index >= 15 is 0 Å². The number of hydrogen-bond donors (Lipinski definition) is 2. The van der Waals surface area contributed by atoms with E-state index in [1.807, 2.05) is 24.4 Å². The molecule has 2 aromatic heterocycles. The van der Waals surface area contributed by atoms with Crippen LogP contribution in [-0.2, 0) is 0 Å². The first-order chi connectivity index (χ1) is 9.24. The number of nitrogens with zero attached hydrogens (tertiary/aromatic N) is 1. The van der Waals surface area contributed by atoms with Crippen molar-refractivity contribution < 1.29 is 4.79 Å². The summed E-state index contributed by atoms with van der Waals surface area (Å²) >= 11 is 5.97. The van der Waals surface area contributed by atoms with Crippen LogP contribution in [0.15, 0.2) is 48.9 Å². The third-order valence-corrected chi connectivity index (χ3v) is 3.16. The molecule has 0 saturated carbocycles. The molecule has 19 heavy (non-hydrogen) atoms. The topological polar surface area (TPSA) is 57.8 Å². The Labute approximate surface area is 114 Å². The number of halogens is 1. The number of nitrogens with one attached hydrogen (secondary N) is 2. The summed E-state index contributed by atoms with van der Waals surface area (Å²) in [7, 11) is 0. The molecule has 0 aliphatic rings. The molecular weight excluding hydrogens is 262 g/mol. The van der Waals surface area contributed by atoms with Crippen molar-refractivity contribution in [3.05, 3.63) is 59.5 Å². The lowest BCUT2D eigenvalue weighted by Gasteiger charge is -2.06. The van der Waals surface area contributed by atoms with Crippen molar-refractivity contribution in [3.8, 4) is 0 Å². The van der Waals surface area contributed by atoms with E-state index in [9.17, 15) is 4.79 Å². The van der Waals surface area contributed by atoms with Crippen LogP contribution < -0.4 is 5.32 Å². The molecule has 0 fully saturated rings. The zero-order valence-electron chi connectivity index (χ0n) is 9.85. The predicted molar refractivity (Wildman–Crippen MR) is 75.5 cm³/mol. The Morgan fingerprint density at radius 3 is 3.00 bits per heavy atom. The quantitative estimate of drug-likeness (QED) is 0.750. The summed E-state index contributed by atoms with van der Waals surface area (Å²) in [5, 5.41) is 4.19. The minimum atomic E-state index is -0.210. The second kappa shape index (κ2) is 4.74. The Kier molecular flexibility index (Phi) is 2.93. The third-order valence-electron chi connectivity index (χ3n) is 2.83. The molecule has 5 heteroatoms. The van der Waals surface area contributed by atoms with Gasteiger partial charge in [-0.05, 0) is 30.3 Å². The smallest absolute Gasteiger partial charge is 0.255 e. The Bertz CT molecular complexity index is 751. The Morgan fingerprint density at radius 2 is 2.16 bits per heavy atom. The lowest BCUT2D eigenvalue weighted by atomic mass is 10.1. The van der Waals surface area contributed by atoms with Crippen molar-refractivity contribution in [2.75, 3.05) is 5.32 Å². The largest absolute Gasteiger partial charge is 0.361 e. The fourth-order valence-corrected chi connectivity index (χ4v) is 2.01. The molecule has 0 unspecified atom stereocenters. The molecule has 1 amide bonds. The average molecular weight is 272 g/mol. The van der Waals surface area contributed by atoms with Crippen LogP contribution in [0.2, 0.25) is 5.02 Å². The van der Waals surface area contributed by atoms with Crippen LogP contribution in [0.1, 0.15) is 10.4 Å². The van der Waals surface area contributed by atoms with Gasteiger partial charge in [-0.3, -0.25) is 9.78 Å². The highest BCUT2D eigenvalue weighted by molar-refractivity contribution is 6.33. The van der Waals surface area contributed by atoms with Gasteiger partial charge in [0.25, 0.3) is 5.91 Å². The van der Waals surface area contributed by atoms with Crippen LogP contribution in [0.3, 0.4) is 0 Å².